The second-order valence-electron chi connectivity index (χ2n) is 21.9. The Kier molecular flexibility index (Phi) is 16.6. The van der Waals surface area contributed by atoms with Crippen LogP contribution in [0.15, 0.2) is 66.2 Å². The van der Waals surface area contributed by atoms with Crippen molar-refractivity contribution in [2.45, 2.75) is 173 Å². The number of ketones is 1. The van der Waals surface area contributed by atoms with E-state index in [4.69, 9.17) is 37.9 Å². The van der Waals surface area contributed by atoms with Gasteiger partial charge >= 0.3 is 18.0 Å². The molecule has 8 rings (SSSR count). The minimum Gasteiger partial charge on any atom is -0.497 e. The first-order valence-electron chi connectivity index (χ1n) is 25.8. The highest BCUT2D eigenvalue weighted by Crippen LogP contribution is 2.69. The number of carbonyl (C=O) groups excluding carboxylic acids is 4. The number of aliphatic hydroxyl groups excluding tert-OH is 3. The van der Waals surface area contributed by atoms with Crippen molar-refractivity contribution >= 4 is 23.8 Å². The van der Waals surface area contributed by atoms with Gasteiger partial charge in [0.05, 0.1) is 38.1 Å². The number of amides is 1. The van der Waals surface area contributed by atoms with Crippen LogP contribution in [0, 0.1) is 40.4 Å². The van der Waals surface area contributed by atoms with Gasteiger partial charge in [-0.15, -0.1) is 0 Å². The zero-order chi connectivity index (χ0) is 51.7. The Morgan fingerprint density at radius 2 is 1.47 bits per heavy atom. The first-order valence-corrected chi connectivity index (χ1v) is 25.8. The molecule has 396 valence electrons. The maximum atomic E-state index is 14.3. The van der Waals surface area contributed by atoms with Crippen LogP contribution in [0.3, 0.4) is 0 Å². The summed E-state index contributed by atoms with van der Waals surface area (Å²) in [6.07, 6.45) is -6.70. The maximum absolute atomic E-state index is 14.3. The molecule has 5 N–H and O–H groups in total. The topological polar surface area (TPSA) is 235 Å². The van der Waals surface area contributed by atoms with E-state index in [0.29, 0.717) is 31.4 Å². The Labute approximate surface area is 422 Å². The number of benzene rings is 2. The normalized spacial score (nSPS) is 37.7. The molecule has 6 aliphatic rings. The molecule has 3 saturated carbocycles. The third kappa shape index (κ3) is 10.7. The van der Waals surface area contributed by atoms with E-state index in [-0.39, 0.29) is 59.5 Å². The lowest BCUT2D eigenvalue weighted by Gasteiger charge is -2.59. The average molecular weight is 1010 g/mol. The van der Waals surface area contributed by atoms with Crippen molar-refractivity contribution in [3.05, 3.63) is 77.4 Å². The fourth-order valence-corrected chi connectivity index (χ4v) is 13.2. The van der Waals surface area contributed by atoms with Crippen molar-refractivity contribution < 1.29 is 77.5 Å². The molecule has 2 heterocycles. The van der Waals surface area contributed by atoms with Crippen molar-refractivity contribution in [3.8, 4) is 5.75 Å². The number of esters is 2. The Balaban J connectivity index is 1.09. The van der Waals surface area contributed by atoms with E-state index >= 15 is 0 Å². The SMILES string of the molecule is COc1ccc(C(=O)OC2C(OC3C(O)COC(O[C@H]4C[C@H]5[C@@H]6CC=C7C[C@@H](O)CC[C@]7(C)C6CC[C@]5(C)[C@@]4(O)[C@H](C)C(=O)CCC(C)C)C3OC(C)=O)OCC(O)C2OC(=O)NCc2ccccc2)cc1. The van der Waals surface area contributed by atoms with Crippen LogP contribution < -0.4 is 10.1 Å². The summed E-state index contributed by atoms with van der Waals surface area (Å²) in [7, 11) is 1.48. The van der Waals surface area contributed by atoms with E-state index in [2.05, 4.69) is 39.1 Å². The minimum atomic E-state index is -1.71. The van der Waals surface area contributed by atoms with Crippen LogP contribution in [0.5, 0.6) is 5.75 Å². The third-order valence-corrected chi connectivity index (χ3v) is 17.2. The molecule has 2 aliphatic heterocycles. The molecule has 72 heavy (non-hydrogen) atoms. The number of rotatable bonds is 16. The summed E-state index contributed by atoms with van der Waals surface area (Å²) < 4.78 is 48.5. The molecule has 17 atom stereocenters. The lowest BCUT2D eigenvalue weighted by atomic mass is 9.46. The second-order valence-corrected chi connectivity index (χ2v) is 21.9. The summed E-state index contributed by atoms with van der Waals surface area (Å²) in [4.78, 5) is 54.6. The van der Waals surface area contributed by atoms with E-state index in [9.17, 15) is 39.6 Å². The number of carbonyl (C=O) groups is 4. The van der Waals surface area contributed by atoms with Crippen LogP contribution in [0.1, 0.15) is 115 Å². The summed E-state index contributed by atoms with van der Waals surface area (Å²) in [6.45, 7) is 10.7. The molecule has 0 spiro atoms. The Morgan fingerprint density at radius 3 is 2.14 bits per heavy atom. The van der Waals surface area contributed by atoms with Gasteiger partial charge in [0, 0.05) is 31.2 Å². The van der Waals surface area contributed by atoms with Gasteiger partial charge in [-0.2, -0.15) is 0 Å². The number of allylic oxidation sites excluding steroid dienone is 1. The van der Waals surface area contributed by atoms with E-state index in [1.807, 2.05) is 18.2 Å². The number of fused-ring (bicyclic) bond motifs is 5. The highest BCUT2D eigenvalue weighted by atomic mass is 16.8. The fourth-order valence-electron chi connectivity index (χ4n) is 13.2. The summed E-state index contributed by atoms with van der Waals surface area (Å²) in [5.41, 5.74) is -0.461. The van der Waals surface area contributed by atoms with Crippen molar-refractivity contribution in [1.29, 1.82) is 0 Å². The van der Waals surface area contributed by atoms with E-state index in [0.717, 1.165) is 31.2 Å². The van der Waals surface area contributed by atoms with Crippen molar-refractivity contribution in [3.63, 3.8) is 0 Å². The molecule has 17 heteroatoms. The van der Waals surface area contributed by atoms with Gasteiger partial charge in [0.15, 0.2) is 30.9 Å². The van der Waals surface area contributed by atoms with Gasteiger partial charge < -0.3 is 63.6 Å². The number of methoxy groups -OCH3 is 1. The fraction of sp³-hybridized carbons (Fsp3) is 0.673. The standard InChI is InChI=1S/C55H75NO16/c1-30(2)13-20-41(59)31(3)55(64)44(26-40-38-19-16-35-25-36(58)21-23-53(35,5)39(38)22-24-54(40,55)6)69-50-47(68-32(4)57)45(42(60)28-66-50)71-51-48(70-49(62)34-14-17-37(65-7)18-15-34)46(43(61)29-67-51)72-52(63)56-27-33-11-9-8-10-12-33/h8-12,14-18,30-31,36,38-40,42-48,50-51,58,60-61,64H,13,19-29H2,1-7H3,(H,56,63)/t31-,36+,38-,39?,40+,42?,43?,44+,45?,46?,47?,48?,50?,51?,53+,54+,55-/m1/s1. The maximum Gasteiger partial charge on any atom is 0.407 e. The highest BCUT2D eigenvalue weighted by molar-refractivity contribution is 5.89. The smallest absolute Gasteiger partial charge is 0.407 e. The van der Waals surface area contributed by atoms with Crippen LogP contribution in [0.25, 0.3) is 0 Å². The molecule has 0 bridgehead atoms. The van der Waals surface area contributed by atoms with Gasteiger partial charge in [-0.05, 0) is 110 Å². The van der Waals surface area contributed by atoms with Gasteiger partial charge in [-0.1, -0.05) is 76.6 Å². The lowest BCUT2D eigenvalue weighted by Crippen LogP contribution is -2.64. The summed E-state index contributed by atoms with van der Waals surface area (Å²) in [5, 5.41) is 49.9. The molecule has 5 fully saturated rings. The first kappa shape index (κ1) is 53.8. The quantitative estimate of drug-likeness (QED) is 0.0742. The predicted octanol–water partition coefficient (Wildman–Crippen LogP) is 5.96. The number of Topliss-reactive ketones (excluding diaryl/α,β-unsaturated/α-hetero) is 1. The average Bonchev–Trinajstić information content (AvgIpc) is 3.59. The number of ether oxygens (including phenoxy) is 8. The Morgan fingerprint density at radius 1 is 0.806 bits per heavy atom. The second kappa shape index (κ2) is 22.2. The zero-order valence-corrected chi connectivity index (χ0v) is 42.6. The van der Waals surface area contributed by atoms with Crippen molar-refractivity contribution in [1.82, 2.24) is 5.32 Å². The van der Waals surface area contributed by atoms with Crippen LogP contribution in [0.4, 0.5) is 4.79 Å². The van der Waals surface area contributed by atoms with Gasteiger partial charge in [0.1, 0.15) is 35.4 Å². The van der Waals surface area contributed by atoms with E-state index in [1.165, 1.54) is 31.7 Å². The summed E-state index contributed by atoms with van der Waals surface area (Å²) >= 11 is 0. The monoisotopic (exact) mass is 1010 g/mol. The van der Waals surface area contributed by atoms with Gasteiger partial charge in [0.25, 0.3) is 0 Å². The largest absolute Gasteiger partial charge is 0.497 e. The Bertz CT molecular complexity index is 2260. The first-order chi connectivity index (χ1) is 34.3. The van der Waals surface area contributed by atoms with Gasteiger partial charge in [-0.3, -0.25) is 9.59 Å². The van der Waals surface area contributed by atoms with Crippen LogP contribution in [-0.2, 0) is 49.3 Å². The van der Waals surface area contributed by atoms with E-state index < -0.39 is 103 Å². The molecule has 1 amide bonds. The molecule has 2 aromatic rings. The highest BCUT2D eigenvalue weighted by Gasteiger charge is 2.70. The lowest BCUT2D eigenvalue weighted by molar-refractivity contribution is -0.344. The molecule has 4 aliphatic carbocycles. The zero-order valence-electron chi connectivity index (χ0n) is 42.6. The number of nitrogens with one attached hydrogen (secondary N) is 1. The van der Waals surface area contributed by atoms with Crippen LogP contribution in [-0.4, -0.2) is 132 Å². The molecule has 17 nitrogen and oxygen atoms in total. The van der Waals surface area contributed by atoms with Crippen molar-refractivity contribution in [2.24, 2.45) is 40.4 Å². The van der Waals surface area contributed by atoms with Crippen molar-refractivity contribution in [2.75, 3.05) is 20.3 Å². The minimum absolute atomic E-state index is 0.0807. The molecular weight excluding hydrogens is 931 g/mol. The van der Waals surface area contributed by atoms with Crippen LogP contribution >= 0.6 is 0 Å². The van der Waals surface area contributed by atoms with Gasteiger partial charge in [0.2, 0.25) is 0 Å². The van der Waals surface area contributed by atoms with Gasteiger partial charge in [-0.25, -0.2) is 9.59 Å². The van der Waals surface area contributed by atoms with Crippen LogP contribution in [0.2, 0.25) is 0 Å². The predicted molar refractivity (Wildman–Crippen MR) is 259 cm³/mol. The summed E-state index contributed by atoms with van der Waals surface area (Å²) in [5.74, 6) is -1.55. The Hall–Kier alpha value is -4.46. The number of hydrogen-bond donors (Lipinski definition) is 5. The molecular formula is C55H75NO16. The molecule has 2 saturated heterocycles. The molecule has 9 unspecified atom stereocenters. The van der Waals surface area contributed by atoms with E-state index in [1.54, 1.807) is 31.2 Å². The summed E-state index contributed by atoms with van der Waals surface area (Å²) in [6, 6.07) is 15.1. The number of hydrogen-bond acceptors (Lipinski definition) is 16. The molecule has 0 aromatic heterocycles. The number of aliphatic hydroxyl groups is 4. The molecule has 2 aromatic carbocycles. The molecule has 0 radical (unpaired) electrons. The third-order valence-electron chi connectivity index (χ3n) is 17.2. The number of alkyl carbamates (subject to hydrolysis) is 1.